The van der Waals surface area contributed by atoms with Crippen LogP contribution in [-0.4, -0.2) is 52.6 Å². The van der Waals surface area contributed by atoms with E-state index < -0.39 is 18.2 Å². The molecule has 2 aromatic carbocycles. The molecule has 8 heteroatoms. The lowest BCUT2D eigenvalue weighted by molar-refractivity contribution is -0.147. The zero-order valence-corrected chi connectivity index (χ0v) is 16.3. The van der Waals surface area contributed by atoms with Crippen molar-refractivity contribution in [2.24, 2.45) is 0 Å². The van der Waals surface area contributed by atoms with E-state index in [1.807, 2.05) is 30.3 Å². The fraction of sp³-hybridized carbons (Fsp3) is 0.318. The molecular weight excluding hydrogens is 386 g/mol. The standard InChI is InChI=1S/C22H23N3O5/c26-17-8-6-14(7-9-17)10-18-21(28)25-12-16(11-19(25)20(27)24-18)23-22(29)30-13-15-4-2-1-3-5-15/h1-9,16,18-19,26H,10-13H2,(H,23,29)(H,24,27)/t16-,18-,19-/m0/s1. The Labute approximate surface area is 173 Å². The van der Waals surface area contributed by atoms with E-state index in [9.17, 15) is 19.5 Å². The molecule has 2 aliphatic heterocycles. The highest BCUT2D eigenvalue weighted by atomic mass is 16.5. The monoisotopic (exact) mass is 409 g/mol. The number of phenols is 1. The fourth-order valence-electron chi connectivity index (χ4n) is 3.90. The fourth-order valence-corrected chi connectivity index (χ4v) is 3.90. The lowest BCUT2D eigenvalue weighted by Gasteiger charge is -2.34. The van der Waals surface area contributed by atoms with Crippen molar-refractivity contribution in [2.45, 2.75) is 37.6 Å². The summed E-state index contributed by atoms with van der Waals surface area (Å²) in [6, 6.07) is 14.3. The van der Waals surface area contributed by atoms with Crippen molar-refractivity contribution in [3.63, 3.8) is 0 Å². The van der Waals surface area contributed by atoms with Crippen LogP contribution >= 0.6 is 0 Å². The Hall–Kier alpha value is -3.55. The summed E-state index contributed by atoms with van der Waals surface area (Å²) in [5.41, 5.74) is 1.71. The van der Waals surface area contributed by atoms with E-state index in [4.69, 9.17) is 4.74 Å². The average molecular weight is 409 g/mol. The van der Waals surface area contributed by atoms with Crippen LogP contribution in [0.4, 0.5) is 4.79 Å². The molecule has 2 heterocycles. The molecule has 2 aliphatic rings. The molecular formula is C22H23N3O5. The van der Waals surface area contributed by atoms with Gasteiger partial charge in [-0.15, -0.1) is 0 Å². The van der Waals surface area contributed by atoms with E-state index >= 15 is 0 Å². The first kappa shape index (κ1) is 19.8. The Morgan fingerprint density at radius 3 is 2.57 bits per heavy atom. The molecule has 3 amide bonds. The van der Waals surface area contributed by atoms with Crippen LogP contribution in [0, 0.1) is 0 Å². The number of fused-ring (bicyclic) bond motifs is 1. The second-order valence-corrected chi connectivity index (χ2v) is 7.58. The third-order valence-corrected chi connectivity index (χ3v) is 5.41. The molecule has 30 heavy (non-hydrogen) atoms. The second kappa shape index (κ2) is 8.44. The van der Waals surface area contributed by atoms with Gasteiger partial charge >= 0.3 is 6.09 Å². The van der Waals surface area contributed by atoms with E-state index in [-0.39, 0.29) is 36.8 Å². The van der Waals surface area contributed by atoms with Crippen molar-refractivity contribution in [3.05, 3.63) is 65.7 Å². The molecule has 0 spiro atoms. The van der Waals surface area contributed by atoms with Gasteiger partial charge in [-0.1, -0.05) is 42.5 Å². The predicted octanol–water partition coefficient (Wildman–Crippen LogP) is 1.33. The summed E-state index contributed by atoms with van der Waals surface area (Å²) in [7, 11) is 0. The minimum absolute atomic E-state index is 0.144. The van der Waals surface area contributed by atoms with Crippen LogP contribution in [0.5, 0.6) is 5.75 Å². The molecule has 3 atom stereocenters. The minimum Gasteiger partial charge on any atom is -0.508 e. The van der Waals surface area contributed by atoms with Crippen LogP contribution in [0.1, 0.15) is 17.5 Å². The molecule has 4 rings (SSSR count). The summed E-state index contributed by atoms with van der Waals surface area (Å²) < 4.78 is 5.23. The van der Waals surface area contributed by atoms with Gasteiger partial charge in [-0.2, -0.15) is 0 Å². The van der Waals surface area contributed by atoms with E-state index in [1.165, 1.54) is 4.90 Å². The number of hydrogen-bond donors (Lipinski definition) is 3. The highest BCUT2D eigenvalue weighted by Gasteiger charge is 2.46. The number of phenolic OH excluding ortho intramolecular Hbond substituents is 1. The van der Waals surface area contributed by atoms with Crippen molar-refractivity contribution >= 4 is 17.9 Å². The maximum absolute atomic E-state index is 12.9. The van der Waals surface area contributed by atoms with E-state index in [0.29, 0.717) is 12.8 Å². The van der Waals surface area contributed by atoms with Gasteiger partial charge in [0.25, 0.3) is 0 Å². The Morgan fingerprint density at radius 2 is 1.83 bits per heavy atom. The largest absolute Gasteiger partial charge is 0.508 e. The molecule has 156 valence electrons. The van der Waals surface area contributed by atoms with Crippen molar-refractivity contribution < 1.29 is 24.2 Å². The number of piperazine rings is 1. The first-order chi connectivity index (χ1) is 14.5. The highest BCUT2D eigenvalue weighted by molar-refractivity contribution is 5.97. The summed E-state index contributed by atoms with van der Waals surface area (Å²) in [6.45, 7) is 0.421. The number of aromatic hydroxyl groups is 1. The number of carbonyl (C=O) groups is 3. The van der Waals surface area contributed by atoms with Crippen molar-refractivity contribution in [1.29, 1.82) is 0 Å². The Kier molecular flexibility index (Phi) is 5.56. The van der Waals surface area contributed by atoms with Gasteiger partial charge < -0.3 is 25.4 Å². The quantitative estimate of drug-likeness (QED) is 0.691. The Bertz CT molecular complexity index is 932. The third kappa shape index (κ3) is 4.37. The SMILES string of the molecule is O=C(N[C@H]1C[C@H]2C(=O)N[C@@H](Cc3ccc(O)cc3)C(=O)N2C1)OCc1ccccc1. The summed E-state index contributed by atoms with van der Waals surface area (Å²) in [5.74, 6) is -0.250. The van der Waals surface area contributed by atoms with Gasteiger partial charge in [0.15, 0.2) is 0 Å². The van der Waals surface area contributed by atoms with Gasteiger partial charge in [0.05, 0.1) is 6.04 Å². The molecule has 2 saturated heterocycles. The van der Waals surface area contributed by atoms with Gasteiger partial charge in [-0.05, 0) is 29.7 Å². The molecule has 0 aromatic heterocycles. The van der Waals surface area contributed by atoms with Crippen LogP contribution in [0.2, 0.25) is 0 Å². The number of hydrogen-bond acceptors (Lipinski definition) is 5. The molecule has 2 aromatic rings. The molecule has 0 aliphatic carbocycles. The zero-order valence-electron chi connectivity index (χ0n) is 16.3. The first-order valence-corrected chi connectivity index (χ1v) is 9.85. The number of alkyl carbamates (subject to hydrolysis) is 1. The lowest BCUT2D eigenvalue weighted by Crippen LogP contribution is -2.61. The summed E-state index contributed by atoms with van der Waals surface area (Å²) in [4.78, 5) is 39.1. The van der Waals surface area contributed by atoms with Gasteiger partial charge in [-0.25, -0.2) is 4.79 Å². The van der Waals surface area contributed by atoms with Gasteiger partial charge in [0, 0.05) is 13.0 Å². The molecule has 0 saturated carbocycles. The Morgan fingerprint density at radius 1 is 1.10 bits per heavy atom. The number of ether oxygens (including phenoxy) is 1. The van der Waals surface area contributed by atoms with Gasteiger partial charge in [0.2, 0.25) is 11.8 Å². The van der Waals surface area contributed by atoms with Crippen LogP contribution in [0.3, 0.4) is 0 Å². The molecule has 3 N–H and O–H groups in total. The summed E-state index contributed by atoms with van der Waals surface area (Å²) >= 11 is 0. The topological polar surface area (TPSA) is 108 Å². The van der Waals surface area contributed by atoms with Crippen LogP contribution in [0.25, 0.3) is 0 Å². The molecule has 2 fully saturated rings. The number of rotatable bonds is 5. The number of amides is 3. The number of benzene rings is 2. The minimum atomic E-state index is -0.665. The van der Waals surface area contributed by atoms with Crippen molar-refractivity contribution in [2.75, 3.05) is 6.54 Å². The second-order valence-electron chi connectivity index (χ2n) is 7.58. The normalized spacial score (nSPS) is 22.9. The van der Waals surface area contributed by atoms with Crippen LogP contribution in [0.15, 0.2) is 54.6 Å². The molecule has 0 bridgehead atoms. The van der Waals surface area contributed by atoms with Gasteiger partial charge in [-0.3, -0.25) is 9.59 Å². The van der Waals surface area contributed by atoms with Crippen LogP contribution < -0.4 is 10.6 Å². The first-order valence-electron chi connectivity index (χ1n) is 9.85. The molecule has 0 unspecified atom stereocenters. The number of nitrogens with one attached hydrogen (secondary N) is 2. The number of carbonyl (C=O) groups excluding carboxylic acids is 3. The maximum atomic E-state index is 12.9. The van der Waals surface area contributed by atoms with E-state index in [1.54, 1.807) is 24.3 Å². The molecule has 0 radical (unpaired) electrons. The highest BCUT2D eigenvalue weighted by Crippen LogP contribution is 2.24. The summed E-state index contributed by atoms with van der Waals surface area (Å²) in [6.07, 6.45) is 0.118. The van der Waals surface area contributed by atoms with Crippen molar-refractivity contribution in [3.8, 4) is 5.75 Å². The molecule has 8 nitrogen and oxygen atoms in total. The van der Waals surface area contributed by atoms with Crippen LogP contribution in [-0.2, 0) is 27.4 Å². The van der Waals surface area contributed by atoms with Gasteiger partial charge in [0.1, 0.15) is 24.4 Å². The summed E-state index contributed by atoms with van der Waals surface area (Å²) in [5, 5.41) is 14.9. The average Bonchev–Trinajstić information content (AvgIpc) is 3.17. The number of nitrogens with zero attached hydrogens (tertiary/aromatic N) is 1. The van der Waals surface area contributed by atoms with E-state index in [0.717, 1.165) is 11.1 Å². The maximum Gasteiger partial charge on any atom is 0.407 e. The van der Waals surface area contributed by atoms with E-state index in [2.05, 4.69) is 10.6 Å². The van der Waals surface area contributed by atoms with Crippen molar-refractivity contribution in [1.82, 2.24) is 15.5 Å². The third-order valence-electron chi connectivity index (χ3n) is 5.41. The smallest absolute Gasteiger partial charge is 0.407 e. The predicted molar refractivity (Wildman–Crippen MR) is 107 cm³/mol. The zero-order chi connectivity index (χ0) is 21.1. The Balaban J connectivity index is 1.33. The lowest BCUT2D eigenvalue weighted by atomic mass is 10.0.